The summed E-state index contributed by atoms with van der Waals surface area (Å²) in [5, 5.41) is 2.19. The Labute approximate surface area is 120 Å². The highest BCUT2D eigenvalue weighted by Crippen LogP contribution is 2.37. The number of hydrogen-bond donors (Lipinski definition) is 1. The number of nitrogens with two attached hydrogens (primary N) is 1. The van der Waals surface area contributed by atoms with E-state index in [4.69, 9.17) is 10.5 Å². The van der Waals surface area contributed by atoms with E-state index in [2.05, 4.69) is 37.4 Å². The van der Waals surface area contributed by atoms with Gasteiger partial charge in [0.15, 0.2) is 0 Å². The highest BCUT2D eigenvalue weighted by molar-refractivity contribution is 8.07. The molecule has 4 heteroatoms. The van der Waals surface area contributed by atoms with Crippen LogP contribution in [0.1, 0.15) is 46.0 Å². The Morgan fingerprint density at radius 1 is 1.33 bits per heavy atom. The van der Waals surface area contributed by atoms with Gasteiger partial charge in [-0.05, 0) is 32.1 Å². The second-order valence-electron chi connectivity index (χ2n) is 5.65. The highest BCUT2D eigenvalue weighted by atomic mass is 32.2. The van der Waals surface area contributed by atoms with E-state index in [1.165, 1.54) is 37.9 Å². The standard InChI is InChI=1S/C14H27NOS2/c1-10-11(2)18-14(9-17-10)13(15)7-3-5-12-6-4-8-16-12/h10-14H,3-9,15H2,1-2H3. The third-order valence-corrected chi connectivity index (χ3v) is 7.71. The fraction of sp³-hybridized carbons (Fsp3) is 1.00. The van der Waals surface area contributed by atoms with Crippen LogP contribution in [0.2, 0.25) is 0 Å². The van der Waals surface area contributed by atoms with Gasteiger partial charge in [0, 0.05) is 34.2 Å². The molecule has 0 aromatic rings. The van der Waals surface area contributed by atoms with Gasteiger partial charge in [-0.15, -0.1) is 0 Å². The van der Waals surface area contributed by atoms with Crippen LogP contribution in [0.4, 0.5) is 0 Å². The number of rotatable bonds is 5. The summed E-state index contributed by atoms with van der Waals surface area (Å²) in [6.07, 6.45) is 6.66. The van der Waals surface area contributed by atoms with Crippen LogP contribution in [0.25, 0.3) is 0 Å². The van der Waals surface area contributed by atoms with Crippen molar-refractivity contribution in [2.45, 2.75) is 73.8 Å². The Kier molecular flexibility index (Phi) is 6.19. The van der Waals surface area contributed by atoms with Crippen molar-refractivity contribution in [1.82, 2.24) is 0 Å². The lowest BCUT2D eigenvalue weighted by atomic mass is 10.0. The molecule has 5 atom stereocenters. The second kappa shape index (κ2) is 7.41. The molecule has 0 aromatic carbocycles. The maximum absolute atomic E-state index is 6.37. The van der Waals surface area contributed by atoms with Gasteiger partial charge in [0.1, 0.15) is 0 Å². The van der Waals surface area contributed by atoms with Crippen molar-refractivity contribution >= 4 is 23.5 Å². The van der Waals surface area contributed by atoms with Crippen molar-refractivity contribution in [3.8, 4) is 0 Å². The van der Waals surface area contributed by atoms with Crippen LogP contribution in [0, 0.1) is 0 Å². The van der Waals surface area contributed by atoms with Crippen LogP contribution in [0.15, 0.2) is 0 Å². The summed E-state index contributed by atoms with van der Waals surface area (Å²) >= 11 is 4.20. The topological polar surface area (TPSA) is 35.2 Å². The molecule has 0 aromatic heterocycles. The van der Waals surface area contributed by atoms with Crippen LogP contribution < -0.4 is 5.73 Å². The molecule has 0 bridgehead atoms. The molecule has 18 heavy (non-hydrogen) atoms. The predicted octanol–water partition coefficient (Wildman–Crippen LogP) is 3.29. The molecular weight excluding hydrogens is 262 g/mol. The average molecular weight is 290 g/mol. The van der Waals surface area contributed by atoms with E-state index in [0.717, 1.165) is 17.1 Å². The second-order valence-corrected chi connectivity index (χ2v) is 8.68. The fourth-order valence-corrected chi connectivity index (χ4v) is 5.77. The minimum atomic E-state index is 0.374. The van der Waals surface area contributed by atoms with Crippen LogP contribution in [0.5, 0.6) is 0 Å². The Balaban J connectivity index is 1.63. The minimum Gasteiger partial charge on any atom is -0.378 e. The predicted molar refractivity (Wildman–Crippen MR) is 83.6 cm³/mol. The van der Waals surface area contributed by atoms with Crippen molar-refractivity contribution < 1.29 is 4.74 Å². The van der Waals surface area contributed by atoms with Gasteiger partial charge in [0.2, 0.25) is 0 Å². The lowest BCUT2D eigenvalue weighted by molar-refractivity contribution is 0.101. The first-order chi connectivity index (χ1) is 8.66. The molecule has 106 valence electrons. The zero-order chi connectivity index (χ0) is 13.0. The largest absolute Gasteiger partial charge is 0.378 e. The minimum absolute atomic E-state index is 0.374. The molecular formula is C14H27NOS2. The van der Waals surface area contributed by atoms with E-state index in [1.54, 1.807) is 0 Å². The molecule has 2 aliphatic heterocycles. The van der Waals surface area contributed by atoms with Crippen LogP contribution in [0.3, 0.4) is 0 Å². The monoisotopic (exact) mass is 289 g/mol. The number of ether oxygens (including phenoxy) is 1. The van der Waals surface area contributed by atoms with Crippen LogP contribution in [-0.4, -0.2) is 40.3 Å². The van der Waals surface area contributed by atoms with Crippen molar-refractivity contribution in [2.75, 3.05) is 12.4 Å². The maximum atomic E-state index is 6.37. The SMILES string of the molecule is CC1SCC(C(N)CCCC2CCCO2)SC1C. The third-order valence-electron chi connectivity index (χ3n) is 4.14. The zero-order valence-electron chi connectivity index (χ0n) is 11.6. The molecule has 2 nitrogen and oxygen atoms in total. The van der Waals surface area contributed by atoms with Crippen molar-refractivity contribution in [3.63, 3.8) is 0 Å². The molecule has 0 aliphatic carbocycles. The molecule has 0 spiro atoms. The molecule has 0 radical (unpaired) electrons. The van der Waals surface area contributed by atoms with Crippen LogP contribution >= 0.6 is 23.5 Å². The summed E-state index contributed by atoms with van der Waals surface area (Å²) in [6, 6.07) is 0.374. The van der Waals surface area contributed by atoms with E-state index < -0.39 is 0 Å². The molecule has 2 aliphatic rings. The summed E-state index contributed by atoms with van der Waals surface area (Å²) in [4.78, 5) is 0. The summed E-state index contributed by atoms with van der Waals surface area (Å²) < 4.78 is 5.66. The lowest BCUT2D eigenvalue weighted by Crippen LogP contribution is -2.39. The van der Waals surface area contributed by atoms with Crippen molar-refractivity contribution in [1.29, 1.82) is 0 Å². The van der Waals surface area contributed by atoms with Gasteiger partial charge in [0.25, 0.3) is 0 Å². The van der Waals surface area contributed by atoms with E-state index in [9.17, 15) is 0 Å². The Hall–Kier alpha value is 0.620. The number of thioether (sulfide) groups is 2. The summed E-state index contributed by atoms with van der Waals surface area (Å²) in [5.41, 5.74) is 6.37. The molecule has 2 N–H and O–H groups in total. The van der Waals surface area contributed by atoms with Gasteiger partial charge in [-0.3, -0.25) is 0 Å². The first kappa shape index (κ1) is 15.0. The Bertz CT molecular complexity index is 246. The quantitative estimate of drug-likeness (QED) is 0.842. The molecule has 2 fully saturated rings. The molecule has 0 saturated carbocycles. The van der Waals surface area contributed by atoms with E-state index in [1.807, 2.05) is 0 Å². The van der Waals surface area contributed by atoms with E-state index in [-0.39, 0.29) is 0 Å². The Morgan fingerprint density at radius 3 is 2.83 bits per heavy atom. The normalized spacial score (nSPS) is 38.8. The first-order valence-corrected chi connectivity index (χ1v) is 9.30. The fourth-order valence-electron chi connectivity index (χ4n) is 2.67. The van der Waals surface area contributed by atoms with Gasteiger partial charge in [-0.2, -0.15) is 23.5 Å². The van der Waals surface area contributed by atoms with Gasteiger partial charge < -0.3 is 10.5 Å². The van der Waals surface area contributed by atoms with Crippen LogP contribution in [-0.2, 0) is 4.74 Å². The zero-order valence-corrected chi connectivity index (χ0v) is 13.3. The summed E-state index contributed by atoms with van der Waals surface area (Å²) in [7, 11) is 0. The van der Waals surface area contributed by atoms with Gasteiger partial charge in [-0.1, -0.05) is 13.8 Å². The average Bonchev–Trinajstić information content (AvgIpc) is 2.85. The smallest absolute Gasteiger partial charge is 0.0576 e. The molecule has 2 heterocycles. The van der Waals surface area contributed by atoms with Gasteiger partial charge >= 0.3 is 0 Å². The molecule has 5 unspecified atom stereocenters. The van der Waals surface area contributed by atoms with Crippen molar-refractivity contribution in [2.24, 2.45) is 5.73 Å². The van der Waals surface area contributed by atoms with Crippen molar-refractivity contribution in [3.05, 3.63) is 0 Å². The first-order valence-electron chi connectivity index (χ1n) is 7.31. The highest BCUT2D eigenvalue weighted by Gasteiger charge is 2.29. The molecule has 2 saturated heterocycles. The molecule has 0 amide bonds. The number of hydrogen-bond acceptors (Lipinski definition) is 4. The van der Waals surface area contributed by atoms with Gasteiger partial charge in [0.05, 0.1) is 6.10 Å². The van der Waals surface area contributed by atoms with E-state index >= 15 is 0 Å². The summed E-state index contributed by atoms with van der Waals surface area (Å²) in [6.45, 7) is 5.65. The summed E-state index contributed by atoms with van der Waals surface area (Å²) in [5.74, 6) is 1.23. The maximum Gasteiger partial charge on any atom is 0.0576 e. The lowest BCUT2D eigenvalue weighted by Gasteiger charge is -2.34. The third kappa shape index (κ3) is 4.32. The van der Waals surface area contributed by atoms with Gasteiger partial charge in [-0.25, -0.2) is 0 Å². The molecule has 2 rings (SSSR count). The van der Waals surface area contributed by atoms with E-state index in [0.29, 0.717) is 17.4 Å². The Morgan fingerprint density at radius 2 is 2.17 bits per heavy atom.